The SMILES string of the molecule is CC(C)c1nsc(N2CCC(N3CCCC3C)CC2)n1. The molecule has 0 aliphatic carbocycles. The molecule has 2 aliphatic rings. The predicted octanol–water partition coefficient (Wildman–Crippen LogP) is 3.11. The molecule has 3 rings (SSSR count). The Morgan fingerprint density at radius 1 is 1.15 bits per heavy atom. The van der Waals surface area contributed by atoms with Crippen LogP contribution in [0, 0.1) is 0 Å². The number of hydrogen-bond acceptors (Lipinski definition) is 5. The average molecular weight is 294 g/mol. The predicted molar refractivity (Wildman–Crippen MR) is 84.6 cm³/mol. The summed E-state index contributed by atoms with van der Waals surface area (Å²) >= 11 is 1.57. The zero-order valence-corrected chi connectivity index (χ0v) is 13.7. The first-order chi connectivity index (χ1) is 9.65. The minimum Gasteiger partial charge on any atom is -0.347 e. The van der Waals surface area contributed by atoms with Crippen LogP contribution in [0.5, 0.6) is 0 Å². The maximum Gasteiger partial charge on any atom is 0.205 e. The largest absolute Gasteiger partial charge is 0.347 e. The van der Waals surface area contributed by atoms with Gasteiger partial charge in [0.05, 0.1) is 0 Å². The zero-order chi connectivity index (χ0) is 14.1. The van der Waals surface area contributed by atoms with Gasteiger partial charge in [0, 0.05) is 42.6 Å². The Balaban J connectivity index is 1.57. The van der Waals surface area contributed by atoms with Gasteiger partial charge < -0.3 is 4.90 Å². The molecule has 0 amide bonds. The van der Waals surface area contributed by atoms with Crippen LogP contribution in [0.1, 0.15) is 58.2 Å². The van der Waals surface area contributed by atoms with Crippen LogP contribution in [0.25, 0.3) is 0 Å². The maximum absolute atomic E-state index is 4.69. The summed E-state index contributed by atoms with van der Waals surface area (Å²) in [4.78, 5) is 9.86. The highest BCUT2D eigenvalue weighted by Crippen LogP contribution is 2.29. The van der Waals surface area contributed by atoms with E-state index in [0.717, 1.165) is 36.1 Å². The van der Waals surface area contributed by atoms with Crippen LogP contribution in [0.4, 0.5) is 5.13 Å². The van der Waals surface area contributed by atoms with E-state index < -0.39 is 0 Å². The molecule has 5 heteroatoms. The standard InChI is InChI=1S/C15H26N4S/c1-11(2)14-16-15(20-17-14)18-9-6-13(7-10-18)19-8-4-5-12(19)3/h11-13H,4-10H2,1-3H3. The quantitative estimate of drug-likeness (QED) is 0.857. The Hall–Kier alpha value is -0.680. The molecular weight excluding hydrogens is 268 g/mol. The summed E-state index contributed by atoms with van der Waals surface area (Å²) in [5, 5.41) is 1.13. The fourth-order valence-electron chi connectivity index (χ4n) is 3.48. The van der Waals surface area contributed by atoms with Crippen molar-refractivity contribution in [2.75, 3.05) is 24.5 Å². The molecule has 2 aliphatic heterocycles. The average Bonchev–Trinajstić information content (AvgIpc) is 3.07. The van der Waals surface area contributed by atoms with E-state index in [2.05, 4.69) is 34.9 Å². The van der Waals surface area contributed by atoms with Crippen LogP contribution in [0.3, 0.4) is 0 Å². The van der Waals surface area contributed by atoms with Crippen molar-refractivity contribution in [3.05, 3.63) is 5.82 Å². The van der Waals surface area contributed by atoms with E-state index in [1.807, 2.05) is 0 Å². The molecule has 20 heavy (non-hydrogen) atoms. The van der Waals surface area contributed by atoms with Crippen LogP contribution >= 0.6 is 11.5 Å². The first kappa shape index (κ1) is 14.3. The Kier molecular flexibility index (Phi) is 4.26. The van der Waals surface area contributed by atoms with Gasteiger partial charge in [-0.15, -0.1) is 0 Å². The van der Waals surface area contributed by atoms with Crippen LogP contribution in [-0.4, -0.2) is 46.0 Å². The van der Waals surface area contributed by atoms with E-state index in [-0.39, 0.29) is 0 Å². The van der Waals surface area contributed by atoms with Gasteiger partial charge in [0.1, 0.15) is 5.82 Å². The molecule has 1 aromatic heterocycles. The zero-order valence-electron chi connectivity index (χ0n) is 12.9. The molecule has 1 atom stereocenters. The monoisotopic (exact) mass is 294 g/mol. The van der Waals surface area contributed by atoms with E-state index in [4.69, 9.17) is 4.98 Å². The summed E-state index contributed by atoms with van der Waals surface area (Å²) in [5.74, 6) is 1.43. The third kappa shape index (κ3) is 2.84. The van der Waals surface area contributed by atoms with Gasteiger partial charge in [-0.2, -0.15) is 4.37 Å². The van der Waals surface area contributed by atoms with Gasteiger partial charge in [0.15, 0.2) is 0 Å². The Morgan fingerprint density at radius 3 is 2.45 bits per heavy atom. The summed E-state index contributed by atoms with van der Waals surface area (Å²) in [6.07, 6.45) is 5.33. The second-order valence-electron chi connectivity index (χ2n) is 6.54. The Labute approximate surface area is 126 Å². The molecule has 3 heterocycles. The molecule has 0 spiro atoms. The van der Waals surface area contributed by atoms with Crippen molar-refractivity contribution < 1.29 is 0 Å². The van der Waals surface area contributed by atoms with E-state index >= 15 is 0 Å². The highest BCUT2D eigenvalue weighted by molar-refractivity contribution is 7.09. The van der Waals surface area contributed by atoms with Crippen molar-refractivity contribution in [2.24, 2.45) is 0 Å². The molecule has 1 aromatic rings. The van der Waals surface area contributed by atoms with Crippen molar-refractivity contribution >= 4 is 16.7 Å². The smallest absolute Gasteiger partial charge is 0.205 e. The number of nitrogens with zero attached hydrogens (tertiary/aromatic N) is 4. The molecule has 0 N–H and O–H groups in total. The lowest BCUT2D eigenvalue weighted by Crippen LogP contribution is -2.46. The molecular formula is C15H26N4S. The van der Waals surface area contributed by atoms with Gasteiger partial charge in [-0.05, 0) is 39.2 Å². The molecule has 112 valence electrons. The molecule has 2 saturated heterocycles. The van der Waals surface area contributed by atoms with Crippen molar-refractivity contribution in [1.82, 2.24) is 14.3 Å². The first-order valence-corrected chi connectivity index (χ1v) is 8.77. The molecule has 2 fully saturated rings. The molecule has 0 radical (unpaired) electrons. The second kappa shape index (κ2) is 5.98. The summed E-state index contributed by atoms with van der Waals surface area (Å²) < 4.78 is 4.48. The number of likely N-dealkylation sites (tertiary alicyclic amines) is 1. The van der Waals surface area contributed by atoms with Crippen molar-refractivity contribution in [3.8, 4) is 0 Å². The summed E-state index contributed by atoms with van der Waals surface area (Å²) in [6, 6.07) is 1.59. The number of aromatic nitrogens is 2. The van der Waals surface area contributed by atoms with Gasteiger partial charge in [-0.3, -0.25) is 4.90 Å². The van der Waals surface area contributed by atoms with Crippen LogP contribution in [0.15, 0.2) is 0 Å². The molecule has 0 saturated carbocycles. The van der Waals surface area contributed by atoms with Crippen LogP contribution in [0.2, 0.25) is 0 Å². The molecule has 4 nitrogen and oxygen atoms in total. The summed E-state index contributed by atoms with van der Waals surface area (Å²) in [6.45, 7) is 10.3. The number of rotatable bonds is 3. The topological polar surface area (TPSA) is 32.3 Å². The van der Waals surface area contributed by atoms with Crippen molar-refractivity contribution in [1.29, 1.82) is 0 Å². The van der Waals surface area contributed by atoms with Crippen LogP contribution in [-0.2, 0) is 0 Å². The molecule has 0 aromatic carbocycles. The highest BCUT2D eigenvalue weighted by Gasteiger charge is 2.31. The van der Waals surface area contributed by atoms with E-state index in [0.29, 0.717) is 5.92 Å². The lowest BCUT2D eigenvalue weighted by Gasteiger charge is -2.38. The lowest BCUT2D eigenvalue weighted by molar-refractivity contribution is 0.163. The fraction of sp³-hybridized carbons (Fsp3) is 0.867. The van der Waals surface area contributed by atoms with Crippen molar-refractivity contribution in [2.45, 2.75) is 64.5 Å². The van der Waals surface area contributed by atoms with Crippen molar-refractivity contribution in [3.63, 3.8) is 0 Å². The minimum atomic E-state index is 0.433. The lowest BCUT2D eigenvalue weighted by atomic mass is 10.0. The Bertz CT molecular complexity index is 437. The van der Waals surface area contributed by atoms with E-state index in [1.54, 1.807) is 11.5 Å². The van der Waals surface area contributed by atoms with Gasteiger partial charge in [0.25, 0.3) is 0 Å². The molecule has 1 unspecified atom stereocenters. The number of hydrogen-bond donors (Lipinski definition) is 0. The third-order valence-electron chi connectivity index (χ3n) is 4.76. The number of piperidine rings is 1. The van der Waals surface area contributed by atoms with Gasteiger partial charge in [-0.1, -0.05) is 13.8 Å². The van der Waals surface area contributed by atoms with Gasteiger partial charge in [0.2, 0.25) is 5.13 Å². The van der Waals surface area contributed by atoms with E-state index in [1.165, 1.54) is 32.2 Å². The fourth-order valence-corrected chi connectivity index (χ4v) is 4.34. The second-order valence-corrected chi connectivity index (χ2v) is 7.27. The minimum absolute atomic E-state index is 0.433. The summed E-state index contributed by atoms with van der Waals surface area (Å²) in [5.41, 5.74) is 0. The normalized spacial score (nSPS) is 25.8. The molecule has 0 bridgehead atoms. The highest BCUT2D eigenvalue weighted by atomic mass is 32.1. The summed E-state index contributed by atoms with van der Waals surface area (Å²) in [7, 11) is 0. The number of anilines is 1. The van der Waals surface area contributed by atoms with E-state index in [9.17, 15) is 0 Å². The van der Waals surface area contributed by atoms with Gasteiger partial charge >= 0.3 is 0 Å². The van der Waals surface area contributed by atoms with Gasteiger partial charge in [-0.25, -0.2) is 4.98 Å². The van der Waals surface area contributed by atoms with Crippen LogP contribution < -0.4 is 4.90 Å². The maximum atomic E-state index is 4.69. The first-order valence-electron chi connectivity index (χ1n) is 7.99. The third-order valence-corrected chi connectivity index (χ3v) is 5.55. The Morgan fingerprint density at radius 2 is 1.90 bits per heavy atom.